The van der Waals surface area contributed by atoms with Crippen LogP contribution in [0.25, 0.3) is 0 Å². The number of rotatable bonds is 1. The summed E-state index contributed by atoms with van der Waals surface area (Å²) in [7, 11) is 0. The standard InChI is InChI=1S/C13H22O6/c1-11(2)15-6-7(17-11)8-13(5,14)9-10(16-8)19-12(3,4)18-9/h7-10,14H,6H2,1-5H3/t7?,8?,9-,10+,13-/m0/s1. The molecule has 5 atom stereocenters. The molecule has 19 heavy (non-hydrogen) atoms. The molecule has 6 nitrogen and oxygen atoms in total. The van der Waals surface area contributed by atoms with Crippen molar-refractivity contribution in [2.45, 2.75) is 76.4 Å². The lowest BCUT2D eigenvalue weighted by atomic mass is 9.91. The van der Waals surface area contributed by atoms with E-state index in [1.807, 2.05) is 13.8 Å². The van der Waals surface area contributed by atoms with Crippen LogP contribution in [0.1, 0.15) is 34.6 Å². The minimum absolute atomic E-state index is 0.328. The summed E-state index contributed by atoms with van der Waals surface area (Å²) in [5.74, 6) is -1.39. The van der Waals surface area contributed by atoms with Crippen LogP contribution in [0.4, 0.5) is 0 Å². The fourth-order valence-electron chi connectivity index (χ4n) is 3.00. The Bertz CT molecular complexity index is 377. The molecule has 3 aliphatic heterocycles. The molecule has 6 heteroatoms. The fourth-order valence-corrected chi connectivity index (χ4v) is 3.00. The minimum atomic E-state index is -1.17. The monoisotopic (exact) mass is 274 g/mol. The van der Waals surface area contributed by atoms with Gasteiger partial charge in [0.15, 0.2) is 17.9 Å². The number of hydrogen-bond acceptors (Lipinski definition) is 6. The Hall–Kier alpha value is -0.240. The molecule has 0 aliphatic carbocycles. The van der Waals surface area contributed by atoms with Crippen LogP contribution in [-0.4, -0.2) is 53.5 Å². The smallest absolute Gasteiger partial charge is 0.190 e. The van der Waals surface area contributed by atoms with Gasteiger partial charge in [0.05, 0.1) is 6.61 Å². The molecule has 0 aromatic carbocycles. The van der Waals surface area contributed by atoms with Crippen LogP contribution >= 0.6 is 0 Å². The van der Waals surface area contributed by atoms with Crippen molar-refractivity contribution >= 4 is 0 Å². The third-order valence-electron chi connectivity index (χ3n) is 3.86. The van der Waals surface area contributed by atoms with E-state index in [2.05, 4.69) is 0 Å². The Morgan fingerprint density at radius 3 is 2.11 bits per heavy atom. The van der Waals surface area contributed by atoms with E-state index in [1.54, 1.807) is 20.8 Å². The average Bonchev–Trinajstić information content (AvgIpc) is 2.80. The Kier molecular flexibility index (Phi) is 2.82. The third-order valence-corrected chi connectivity index (χ3v) is 3.86. The molecule has 110 valence electrons. The van der Waals surface area contributed by atoms with E-state index < -0.39 is 35.7 Å². The van der Waals surface area contributed by atoms with Crippen molar-refractivity contribution in [1.82, 2.24) is 0 Å². The number of fused-ring (bicyclic) bond motifs is 1. The first-order chi connectivity index (χ1) is 8.61. The van der Waals surface area contributed by atoms with Crippen LogP contribution in [0.5, 0.6) is 0 Å². The van der Waals surface area contributed by atoms with Crippen LogP contribution in [0.3, 0.4) is 0 Å². The summed E-state index contributed by atoms with van der Waals surface area (Å²) in [6, 6.07) is 0. The fraction of sp³-hybridized carbons (Fsp3) is 1.00. The summed E-state index contributed by atoms with van der Waals surface area (Å²) in [5, 5.41) is 10.7. The molecule has 0 aromatic rings. The summed E-state index contributed by atoms with van der Waals surface area (Å²) in [5.41, 5.74) is -1.17. The highest BCUT2D eigenvalue weighted by Crippen LogP contribution is 2.45. The summed E-state index contributed by atoms with van der Waals surface area (Å²) in [6.45, 7) is 9.37. The molecule has 3 fully saturated rings. The molecular weight excluding hydrogens is 252 g/mol. The normalized spacial score (nSPS) is 51.5. The summed E-state index contributed by atoms with van der Waals surface area (Å²) in [4.78, 5) is 0. The predicted octanol–water partition coefficient (Wildman–Crippen LogP) is 0.765. The molecule has 1 N–H and O–H groups in total. The van der Waals surface area contributed by atoms with Crippen LogP contribution in [0.15, 0.2) is 0 Å². The molecule has 3 rings (SSSR count). The van der Waals surface area contributed by atoms with Gasteiger partial charge in [0.25, 0.3) is 0 Å². The lowest BCUT2D eigenvalue weighted by Gasteiger charge is -2.33. The molecule has 0 spiro atoms. The number of ether oxygens (including phenoxy) is 5. The molecule has 3 aliphatic rings. The Balaban J connectivity index is 1.77. The van der Waals surface area contributed by atoms with Gasteiger partial charge in [-0.3, -0.25) is 0 Å². The minimum Gasteiger partial charge on any atom is -0.384 e. The van der Waals surface area contributed by atoms with Crippen molar-refractivity contribution in [2.75, 3.05) is 6.61 Å². The molecule has 3 saturated heterocycles. The second kappa shape index (κ2) is 3.90. The number of aliphatic hydroxyl groups is 1. The van der Waals surface area contributed by atoms with Gasteiger partial charge >= 0.3 is 0 Å². The summed E-state index contributed by atoms with van der Waals surface area (Å²) < 4.78 is 28.5. The van der Waals surface area contributed by atoms with Gasteiger partial charge in [-0.2, -0.15) is 0 Å². The quantitative estimate of drug-likeness (QED) is 0.761. The molecule has 0 amide bonds. The third kappa shape index (κ3) is 2.20. The molecule has 3 heterocycles. The summed E-state index contributed by atoms with van der Waals surface area (Å²) in [6.07, 6.45) is -1.94. The predicted molar refractivity (Wildman–Crippen MR) is 64.2 cm³/mol. The van der Waals surface area contributed by atoms with Gasteiger partial charge in [-0.1, -0.05) is 0 Å². The van der Waals surface area contributed by atoms with E-state index in [4.69, 9.17) is 23.7 Å². The highest BCUT2D eigenvalue weighted by atomic mass is 16.8. The first-order valence-electron chi connectivity index (χ1n) is 6.66. The first-order valence-corrected chi connectivity index (χ1v) is 6.66. The SMILES string of the molecule is CC1(C)OCC(C2O[C@@H]3OC(C)(C)O[C@@H]3[C@@]2(C)O)O1. The molecular formula is C13H22O6. The maximum absolute atomic E-state index is 10.7. The van der Waals surface area contributed by atoms with E-state index in [9.17, 15) is 5.11 Å². The van der Waals surface area contributed by atoms with Crippen LogP contribution < -0.4 is 0 Å². The molecule has 0 radical (unpaired) electrons. The lowest BCUT2D eigenvalue weighted by Crippen LogP contribution is -2.51. The van der Waals surface area contributed by atoms with Gasteiger partial charge in [0.2, 0.25) is 0 Å². The molecule has 0 aromatic heterocycles. The van der Waals surface area contributed by atoms with E-state index >= 15 is 0 Å². The Labute approximate surface area is 112 Å². The van der Waals surface area contributed by atoms with Crippen molar-refractivity contribution in [1.29, 1.82) is 0 Å². The van der Waals surface area contributed by atoms with Crippen molar-refractivity contribution < 1.29 is 28.8 Å². The van der Waals surface area contributed by atoms with Gasteiger partial charge < -0.3 is 28.8 Å². The zero-order chi connectivity index (χ0) is 14.1. The highest BCUT2D eigenvalue weighted by Gasteiger charge is 2.63. The second-order valence-corrected chi connectivity index (χ2v) is 6.57. The Morgan fingerprint density at radius 2 is 1.58 bits per heavy atom. The van der Waals surface area contributed by atoms with Gasteiger partial charge in [0.1, 0.15) is 23.9 Å². The topological polar surface area (TPSA) is 66.4 Å². The lowest BCUT2D eigenvalue weighted by molar-refractivity contribution is -0.245. The van der Waals surface area contributed by atoms with Gasteiger partial charge in [-0.05, 0) is 34.6 Å². The van der Waals surface area contributed by atoms with E-state index in [0.717, 1.165) is 0 Å². The maximum atomic E-state index is 10.7. The second-order valence-electron chi connectivity index (χ2n) is 6.57. The van der Waals surface area contributed by atoms with Gasteiger partial charge in [-0.15, -0.1) is 0 Å². The van der Waals surface area contributed by atoms with Crippen LogP contribution in [0.2, 0.25) is 0 Å². The van der Waals surface area contributed by atoms with Crippen LogP contribution in [0, 0.1) is 0 Å². The average molecular weight is 274 g/mol. The van der Waals surface area contributed by atoms with E-state index in [0.29, 0.717) is 6.61 Å². The first kappa shape index (κ1) is 13.7. The summed E-state index contributed by atoms with van der Waals surface area (Å²) >= 11 is 0. The van der Waals surface area contributed by atoms with Crippen molar-refractivity contribution in [2.24, 2.45) is 0 Å². The zero-order valence-electron chi connectivity index (χ0n) is 12.0. The number of hydrogen-bond donors (Lipinski definition) is 1. The maximum Gasteiger partial charge on any atom is 0.190 e. The van der Waals surface area contributed by atoms with Crippen molar-refractivity contribution in [3.05, 3.63) is 0 Å². The van der Waals surface area contributed by atoms with Gasteiger partial charge in [0, 0.05) is 0 Å². The zero-order valence-corrected chi connectivity index (χ0v) is 12.0. The van der Waals surface area contributed by atoms with Crippen molar-refractivity contribution in [3.8, 4) is 0 Å². The van der Waals surface area contributed by atoms with E-state index in [1.165, 1.54) is 0 Å². The van der Waals surface area contributed by atoms with E-state index in [-0.39, 0.29) is 6.10 Å². The highest BCUT2D eigenvalue weighted by molar-refractivity contribution is 5.06. The van der Waals surface area contributed by atoms with Gasteiger partial charge in [-0.25, -0.2) is 0 Å². The molecule has 0 saturated carbocycles. The Morgan fingerprint density at radius 1 is 0.895 bits per heavy atom. The molecule has 2 unspecified atom stereocenters. The molecule has 0 bridgehead atoms. The van der Waals surface area contributed by atoms with Crippen molar-refractivity contribution in [3.63, 3.8) is 0 Å². The largest absolute Gasteiger partial charge is 0.384 e. The van der Waals surface area contributed by atoms with Crippen LogP contribution in [-0.2, 0) is 23.7 Å².